The number of likely N-dealkylation sites (N-methyl/N-ethyl adjacent to an activating group) is 1. The van der Waals surface area contributed by atoms with Gasteiger partial charge >= 0.3 is 0 Å². The van der Waals surface area contributed by atoms with Gasteiger partial charge in [0, 0.05) is 23.1 Å². The summed E-state index contributed by atoms with van der Waals surface area (Å²) in [6.07, 6.45) is 0. The molecular weight excluding hydrogens is 521 g/mol. The molecule has 0 aliphatic carbocycles. The van der Waals surface area contributed by atoms with Crippen molar-refractivity contribution < 1.29 is 18.0 Å². The average molecular weight is 548 g/mol. The zero-order valence-electron chi connectivity index (χ0n) is 19.9. The van der Waals surface area contributed by atoms with Crippen LogP contribution in [-0.2, 0) is 26.2 Å². The first-order valence-corrected chi connectivity index (χ1v) is 13.5. The average Bonchev–Trinajstić information content (AvgIpc) is 2.87. The lowest BCUT2D eigenvalue weighted by Gasteiger charge is -2.32. The van der Waals surface area contributed by atoms with Crippen molar-refractivity contribution in [1.82, 2.24) is 10.2 Å². The Morgan fingerprint density at radius 2 is 1.53 bits per heavy atom. The summed E-state index contributed by atoms with van der Waals surface area (Å²) in [5.41, 5.74) is 0.896. The molecule has 36 heavy (non-hydrogen) atoms. The Morgan fingerprint density at radius 3 is 2.14 bits per heavy atom. The van der Waals surface area contributed by atoms with E-state index in [0.717, 1.165) is 4.31 Å². The van der Waals surface area contributed by atoms with E-state index in [-0.39, 0.29) is 23.0 Å². The standard InChI is InChI=1S/C26H27Cl2N3O4S/c1-3-29-26(33)19(2)30(17-20-9-7-8-12-24(20)28)25(32)18-31(22-15-13-21(27)14-16-22)36(34,35)23-10-5-4-6-11-23/h4-16,19H,3,17-18H2,1-2H3,(H,29,33)/t19-/m1/s1. The summed E-state index contributed by atoms with van der Waals surface area (Å²) in [6.45, 7) is 3.25. The maximum absolute atomic E-state index is 13.7. The number of amides is 2. The van der Waals surface area contributed by atoms with E-state index in [1.165, 1.54) is 29.2 Å². The second-order valence-corrected chi connectivity index (χ2v) is 10.7. The third kappa shape index (κ3) is 6.57. The number of nitrogens with one attached hydrogen (secondary N) is 1. The topological polar surface area (TPSA) is 86.8 Å². The van der Waals surface area contributed by atoms with Crippen LogP contribution in [0.15, 0.2) is 83.8 Å². The van der Waals surface area contributed by atoms with Crippen molar-refractivity contribution in [1.29, 1.82) is 0 Å². The molecule has 0 aliphatic rings. The molecule has 0 spiro atoms. The molecule has 3 aromatic carbocycles. The van der Waals surface area contributed by atoms with Crippen molar-refractivity contribution in [3.8, 4) is 0 Å². The quantitative estimate of drug-likeness (QED) is 0.397. The number of rotatable bonds is 10. The van der Waals surface area contributed by atoms with Crippen LogP contribution in [0.2, 0.25) is 10.0 Å². The predicted molar refractivity (Wildman–Crippen MR) is 143 cm³/mol. The minimum atomic E-state index is -4.12. The van der Waals surface area contributed by atoms with Gasteiger partial charge in [0.15, 0.2) is 0 Å². The van der Waals surface area contributed by atoms with Crippen LogP contribution >= 0.6 is 23.2 Å². The van der Waals surface area contributed by atoms with E-state index in [2.05, 4.69) is 5.32 Å². The number of carbonyl (C=O) groups is 2. The molecule has 0 aliphatic heterocycles. The highest BCUT2D eigenvalue weighted by Crippen LogP contribution is 2.26. The highest BCUT2D eigenvalue weighted by molar-refractivity contribution is 7.92. The predicted octanol–water partition coefficient (Wildman–Crippen LogP) is 4.74. The summed E-state index contributed by atoms with van der Waals surface area (Å²) in [5, 5.41) is 3.57. The van der Waals surface area contributed by atoms with E-state index in [1.807, 2.05) is 0 Å². The molecule has 0 fully saturated rings. The summed E-state index contributed by atoms with van der Waals surface area (Å²) < 4.78 is 28.3. The van der Waals surface area contributed by atoms with Gasteiger partial charge in [-0.1, -0.05) is 59.6 Å². The van der Waals surface area contributed by atoms with Crippen LogP contribution in [0.4, 0.5) is 5.69 Å². The number of nitrogens with zero attached hydrogens (tertiary/aromatic N) is 2. The van der Waals surface area contributed by atoms with E-state index in [4.69, 9.17) is 23.2 Å². The molecule has 3 aromatic rings. The van der Waals surface area contributed by atoms with E-state index >= 15 is 0 Å². The first kappa shape index (κ1) is 27.5. The van der Waals surface area contributed by atoms with E-state index < -0.39 is 28.5 Å². The Hall–Kier alpha value is -3.07. The second-order valence-electron chi connectivity index (χ2n) is 7.98. The van der Waals surface area contributed by atoms with Gasteiger partial charge in [-0.05, 0) is 61.9 Å². The third-order valence-corrected chi connectivity index (χ3v) is 7.95. The Morgan fingerprint density at radius 1 is 0.917 bits per heavy atom. The normalized spacial score (nSPS) is 12.0. The van der Waals surface area contributed by atoms with Crippen LogP contribution in [0.5, 0.6) is 0 Å². The molecule has 7 nitrogen and oxygen atoms in total. The number of carbonyl (C=O) groups excluding carboxylic acids is 2. The lowest BCUT2D eigenvalue weighted by molar-refractivity contribution is -0.139. The van der Waals surface area contributed by atoms with Crippen LogP contribution in [0.25, 0.3) is 0 Å². The van der Waals surface area contributed by atoms with E-state index in [1.54, 1.807) is 68.4 Å². The van der Waals surface area contributed by atoms with Gasteiger partial charge in [0.05, 0.1) is 10.6 Å². The molecule has 3 rings (SSSR count). The second kappa shape index (κ2) is 12.3. The van der Waals surface area contributed by atoms with Gasteiger partial charge in [-0.2, -0.15) is 0 Å². The number of halogens is 2. The Bertz CT molecular complexity index is 1300. The summed E-state index contributed by atoms with van der Waals surface area (Å²) in [4.78, 5) is 27.8. The molecule has 190 valence electrons. The van der Waals surface area contributed by atoms with Gasteiger partial charge in [0.2, 0.25) is 11.8 Å². The van der Waals surface area contributed by atoms with Gasteiger partial charge in [-0.3, -0.25) is 13.9 Å². The van der Waals surface area contributed by atoms with E-state index in [0.29, 0.717) is 22.2 Å². The minimum absolute atomic E-state index is 0.0245. The summed E-state index contributed by atoms with van der Waals surface area (Å²) >= 11 is 12.3. The highest BCUT2D eigenvalue weighted by Gasteiger charge is 2.32. The van der Waals surface area contributed by atoms with Gasteiger partial charge in [0.25, 0.3) is 10.0 Å². The smallest absolute Gasteiger partial charge is 0.264 e. The molecule has 1 atom stereocenters. The zero-order chi connectivity index (χ0) is 26.3. The van der Waals surface area contributed by atoms with Crippen LogP contribution in [0.3, 0.4) is 0 Å². The van der Waals surface area contributed by atoms with Crippen molar-refractivity contribution in [3.05, 3.63) is 94.5 Å². The molecule has 2 amide bonds. The Kier molecular flexibility index (Phi) is 9.37. The van der Waals surface area contributed by atoms with Gasteiger partial charge in [0.1, 0.15) is 12.6 Å². The molecule has 0 heterocycles. The fourth-order valence-corrected chi connectivity index (χ4v) is 5.33. The van der Waals surface area contributed by atoms with Gasteiger partial charge in [-0.25, -0.2) is 8.42 Å². The number of anilines is 1. The molecule has 1 N–H and O–H groups in total. The number of benzene rings is 3. The number of hydrogen-bond donors (Lipinski definition) is 1. The monoisotopic (exact) mass is 547 g/mol. The van der Waals surface area contributed by atoms with E-state index in [9.17, 15) is 18.0 Å². The summed E-state index contributed by atoms with van der Waals surface area (Å²) in [5.74, 6) is -0.926. The highest BCUT2D eigenvalue weighted by atomic mass is 35.5. The minimum Gasteiger partial charge on any atom is -0.355 e. The third-order valence-electron chi connectivity index (χ3n) is 5.54. The van der Waals surface area contributed by atoms with Crippen molar-refractivity contribution in [2.24, 2.45) is 0 Å². The fourth-order valence-electron chi connectivity index (χ4n) is 3.57. The lowest BCUT2D eigenvalue weighted by atomic mass is 10.1. The summed E-state index contributed by atoms with van der Waals surface area (Å²) in [7, 11) is -4.12. The lowest BCUT2D eigenvalue weighted by Crippen LogP contribution is -2.51. The fraction of sp³-hybridized carbons (Fsp3) is 0.231. The first-order valence-electron chi connectivity index (χ1n) is 11.3. The molecule has 0 unspecified atom stereocenters. The Labute approximate surface area is 221 Å². The van der Waals surface area contributed by atoms with Gasteiger partial charge in [-0.15, -0.1) is 0 Å². The molecule has 0 bridgehead atoms. The number of sulfonamides is 1. The SMILES string of the molecule is CCNC(=O)[C@@H](C)N(Cc1ccccc1Cl)C(=O)CN(c1ccc(Cl)cc1)S(=O)(=O)c1ccccc1. The molecule has 0 saturated heterocycles. The molecular formula is C26H27Cl2N3O4S. The van der Waals surface area contributed by atoms with Crippen LogP contribution in [-0.4, -0.2) is 44.3 Å². The molecule has 0 aromatic heterocycles. The maximum Gasteiger partial charge on any atom is 0.264 e. The first-order chi connectivity index (χ1) is 17.1. The van der Waals surface area contributed by atoms with Crippen molar-refractivity contribution >= 4 is 50.7 Å². The molecule has 0 radical (unpaired) electrons. The van der Waals surface area contributed by atoms with Crippen LogP contribution in [0.1, 0.15) is 19.4 Å². The van der Waals surface area contributed by atoms with Crippen molar-refractivity contribution in [2.75, 3.05) is 17.4 Å². The van der Waals surface area contributed by atoms with Gasteiger partial charge < -0.3 is 10.2 Å². The largest absolute Gasteiger partial charge is 0.355 e. The van der Waals surface area contributed by atoms with Crippen molar-refractivity contribution in [2.45, 2.75) is 31.3 Å². The number of hydrogen-bond acceptors (Lipinski definition) is 4. The molecule has 0 saturated carbocycles. The van der Waals surface area contributed by atoms with Crippen molar-refractivity contribution in [3.63, 3.8) is 0 Å². The maximum atomic E-state index is 13.7. The zero-order valence-corrected chi connectivity index (χ0v) is 22.2. The van der Waals surface area contributed by atoms with Crippen LogP contribution < -0.4 is 9.62 Å². The molecule has 10 heteroatoms. The summed E-state index contributed by atoms with van der Waals surface area (Å²) in [6, 6.07) is 20.1. The Balaban J connectivity index is 2.02. The van der Waals surface area contributed by atoms with Crippen LogP contribution in [0, 0.1) is 0 Å².